The molecule has 7 nitrogen and oxygen atoms in total. The van der Waals surface area contributed by atoms with E-state index in [1.54, 1.807) is 47.7 Å². The molecular weight excluding hydrogens is 434 g/mol. The van der Waals surface area contributed by atoms with Gasteiger partial charge in [0.2, 0.25) is 0 Å². The number of carbonyl (C=O) groups excluding carboxylic acids is 1. The Bertz CT molecular complexity index is 1110. The van der Waals surface area contributed by atoms with E-state index in [0.717, 1.165) is 4.88 Å². The number of ether oxygens (including phenoxy) is 1. The fourth-order valence-electron chi connectivity index (χ4n) is 2.99. The fraction of sp³-hybridized carbons (Fsp3) is 0.227. The van der Waals surface area contributed by atoms with E-state index in [4.69, 9.17) is 4.74 Å². The summed E-state index contributed by atoms with van der Waals surface area (Å²) in [6.45, 7) is 0.410. The maximum absolute atomic E-state index is 12.8. The Morgan fingerprint density at radius 1 is 1.10 bits per heavy atom. The van der Waals surface area contributed by atoms with Crippen molar-refractivity contribution >= 4 is 33.0 Å². The summed E-state index contributed by atoms with van der Waals surface area (Å²) < 4.78 is 33.1. The van der Waals surface area contributed by atoms with Gasteiger partial charge in [0.05, 0.1) is 18.0 Å². The number of hydrogen-bond donors (Lipinski definition) is 2. The van der Waals surface area contributed by atoms with E-state index in [1.165, 1.54) is 19.2 Å². The van der Waals surface area contributed by atoms with Crippen LogP contribution >= 0.6 is 11.3 Å². The second-order valence-corrected chi connectivity index (χ2v) is 9.73. The van der Waals surface area contributed by atoms with Crippen molar-refractivity contribution in [1.29, 1.82) is 0 Å². The molecule has 0 aliphatic heterocycles. The Labute approximate surface area is 186 Å². The molecular formula is C22H25N3O4S2. The van der Waals surface area contributed by atoms with Crippen molar-refractivity contribution in [3.8, 4) is 5.75 Å². The average Bonchev–Trinajstić information content (AvgIpc) is 3.28. The lowest BCUT2D eigenvalue weighted by Crippen LogP contribution is -2.34. The summed E-state index contributed by atoms with van der Waals surface area (Å²) in [5.41, 5.74) is 0.682. The van der Waals surface area contributed by atoms with E-state index < -0.39 is 10.0 Å². The number of sulfonamides is 1. The van der Waals surface area contributed by atoms with Crippen LogP contribution in [0.1, 0.15) is 21.3 Å². The number of hydrogen-bond acceptors (Lipinski definition) is 6. The molecule has 1 aromatic heterocycles. The Morgan fingerprint density at radius 3 is 2.45 bits per heavy atom. The lowest BCUT2D eigenvalue weighted by molar-refractivity contribution is 0.0942. The molecule has 0 bridgehead atoms. The molecule has 3 rings (SSSR count). The quantitative estimate of drug-likeness (QED) is 0.511. The first-order valence-corrected chi connectivity index (χ1v) is 11.9. The molecule has 0 fully saturated rings. The maximum Gasteiger partial charge on any atom is 0.261 e. The predicted molar refractivity (Wildman–Crippen MR) is 123 cm³/mol. The van der Waals surface area contributed by atoms with E-state index >= 15 is 0 Å². The van der Waals surface area contributed by atoms with Crippen LogP contribution in [0.2, 0.25) is 0 Å². The number of thiophene rings is 1. The summed E-state index contributed by atoms with van der Waals surface area (Å²) in [7, 11) is 1.60. The number of likely N-dealkylation sites (N-methyl/N-ethyl adjacent to an activating group) is 1. The molecule has 9 heteroatoms. The van der Waals surface area contributed by atoms with Crippen LogP contribution in [0.3, 0.4) is 0 Å². The summed E-state index contributed by atoms with van der Waals surface area (Å²) in [6, 6.07) is 16.6. The van der Waals surface area contributed by atoms with Crippen LogP contribution in [0.4, 0.5) is 5.69 Å². The number of methoxy groups -OCH3 is 1. The molecule has 2 N–H and O–H groups in total. The zero-order valence-corrected chi connectivity index (χ0v) is 19.2. The number of rotatable bonds is 9. The number of benzene rings is 2. The van der Waals surface area contributed by atoms with E-state index in [9.17, 15) is 13.2 Å². The van der Waals surface area contributed by atoms with Gasteiger partial charge in [0, 0.05) is 22.7 Å². The molecule has 0 radical (unpaired) electrons. The Morgan fingerprint density at radius 2 is 1.84 bits per heavy atom. The molecule has 1 heterocycles. The highest BCUT2D eigenvalue weighted by Gasteiger charge is 2.19. The largest absolute Gasteiger partial charge is 0.497 e. The van der Waals surface area contributed by atoms with Gasteiger partial charge in [0.25, 0.3) is 15.9 Å². The van der Waals surface area contributed by atoms with Crippen LogP contribution in [0.25, 0.3) is 0 Å². The van der Waals surface area contributed by atoms with E-state index in [0.29, 0.717) is 18.0 Å². The first-order chi connectivity index (χ1) is 14.8. The van der Waals surface area contributed by atoms with Gasteiger partial charge in [0.15, 0.2) is 0 Å². The highest BCUT2D eigenvalue weighted by atomic mass is 32.2. The van der Waals surface area contributed by atoms with Crippen molar-refractivity contribution in [3.63, 3.8) is 0 Å². The summed E-state index contributed by atoms with van der Waals surface area (Å²) in [6.07, 6.45) is 0. The maximum atomic E-state index is 12.8. The number of carbonyl (C=O) groups is 1. The van der Waals surface area contributed by atoms with Crippen LogP contribution in [-0.2, 0) is 10.0 Å². The second kappa shape index (κ2) is 9.95. The molecule has 3 aromatic rings. The molecule has 0 saturated heterocycles. The van der Waals surface area contributed by atoms with Crippen molar-refractivity contribution < 1.29 is 17.9 Å². The molecule has 0 spiro atoms. The molecule has 0 saturated carbocycles. The molecule has 1 atom stereocenters. The van der Waals surface area contributed by atoms with Crippen molar-refractivity contribution in [2.45, 2.75) is 10.9 Å². The van der Waals surface area contributed by atoms with Crippen molar-refractivity contribution in [3.05, 3.63) is 76.5 Å². The minimum absolute atomic E-state index is 0.0124. The molecule has 164 valence electrons. The molecule has 2 aromatic carbocycles. The first-order valence-electron chi connectivity index (χ1n) is 9.55. The van der Waals surface area contributed by atoms with Crippen molar-refractivity contribution in [1.82, 2.24) is 10.2 Å². The number of nitrogens with one attached hydrogen (secondary N) is 2. The number of amides is 1. The summed E-state index contributed by atoms with van der Waals surface area (Å²) >= 11 is 1.63. The molecule has 0 unspecified atom stereocenters. The van der Waals surface area contributed by atoms with Crippen molar-refractivity contribution in [2.75, 3.05) is 32.5 Å². The van der Waals surface area contributed by atoms with Gasteiger partial charge in [-0.05, 0) is 68.0 Å². The summed E-state index contributed by atoms with van der Waals surface area (Å²) in [4.78, 5) is 15.9. The third-order valence-electron chi connectivity index (χ3n) is 4.70. The number of anilines is 1. The normalized spacial score (nSPS) is 12.4. The van der Waals surface area contributed by atoms with Crippen LogP contribution < -0.4 is 14.8 Å². The topological polar surface area (TPSA) is 87.7 Å². The van der Waals surface area contributed by atoms with Gasteiger partial charge in [-0.25, -0.2) is 8.42 Å². The van der Waals surface area contributed by atoms with Gasteiger partial charge in [-0.15, -0.1) is 11.3 Å². The highest BCUT2D eigenvalue weighted by Crippen LogP contribution is 2.23. The minimum atomic E-state index is -3.85. The summed E-state index contributed by atoms with van der Waals surface area (Å²) in [5.74, 6) is 0.296. The third kappa shape index (κ3) is 5.84. The molecule has 0 aliphatic carbocycles. The van der Waals surface area contributed by atoms with Gasteiger partial charge in [0.1, 0.15) is 5.75 Å². The first kappa shape index (κ1) is 22.8. The lowest BCUT2D eigenvalue weighted by Gasteiger charge is -2.23. The average molecular weight is 460 g/mol. The van der Waals surface area contributed by atoms with Crippen LogP contribution in [0, 0.1) is 0 Å². The SMILES string of the molecule is COc1ccc(NS(=O)(=O)c2cccc(C(=O)NC[C@@H](c3cccs3)N(C)C)c2)cc1. The predicted octanol–water partition coefficient (Wildman–Crippen LogP) is 3.59. The van der Waals surface area contributed by atoms with E-state index in [-0.39, 0.29) is 22.4 Å². The van der Waals surface area contributed by atoms with Crippen LogP contribution in [0.5, 0.6) is 5.75 Å². The zero-order chi connectivity index (χ0) is 22.4. The standard InChI is InChI=1S/C22H25N3O4S2/c1-25(2)20(21-8-5-13-30-21)15-23-22(26)16-6-4-7-19(14-16)31(27,28)24-17-9-11-18(29-3)12-10-17/h4-14,20,24H,15H2,1-3H3,(H,23,26)/t20-/m0/s1. The van der Waals surface area contributed by atoms with Gasteiger partial charge >= 0.3 is 0 Å². The zero-order valence-electron chi connectivity index (χ0n) is 17.5. The van der Waals surface area contributed by atoms with Gasteiger partial charge < -0.3 is 15.0 Å². The Kier molecular flexibility index (Phi) is 7.32. The Hall–Kier alpha value is -2.88. The summed E-state index contributed by atoms with van der Waals surface area (Å²) in [5, 5.41) is 4.90. The van der Waals surface area contributed by atoms with Crippen LogP contribution in [-0.4, -0.2) is 47.0 Å². The number of nitrogens with zero attached hydrogens (tertiary/aromatic N) is 1. The van der Waals surface area contributed by atoms with E-state index in [2.05, 4.69) is 10.0 Å². The molecule has 1 amide bonds. The lowest BCUT2D eigenvalue weighted by atomic mass is 10.2. The Balaban J connectivity index is 1.71. The smallest absolute Gasteiger partial charge is 0.261 e. The monoisotopic (exact) mass is 459 g/mol. The van der Waals surface area contributed by atoms with Gasteiger partial charge in [-0.1, -0.05) is 12.1 Å². The second-order valence-electron chi connectivity index (χ2n) is 7.07. The van der Waals surface area contributed by atoms with Gasteiger partial charge in [-0.2, -0.15) is 0 Å². The fourth-order valence-corrected chi connectivity index (χ4v) is 5.01. The minimum Gasteiger partial charge on any atom is -0.497 e. The van der Waals surface area contributed by atoms with Crippen LogP contribution in [0.15, 0.2) is 70.9 Å². The van der Waals surface area contributed by atoms with Gasteiger partial charge in [-0.3, -0.25) is 9.52 Å². The van der Waals surface area contributed by atoms with Crippen molar-refractivity contribution in [2.24, 2.45) is 0 Å². The van der Waals surface area contributed by atoms with E-state index in [1.807, 2.05) is 36.5 Å². The molecule has 0 aliphatic rings. The molecule has 31 heavy (non-hydrogen) atoms. The highest BCUT2D eigenvalue weighted by molar-refractivity contribution is 7.92. The third-order valence-corrected chi connectivity index (χ3v) is 7.05.